The maximum Gasteiger partial charge on any atom is 0.0314 e. The van der Waals surface area contributed by atoms with Crippen molar-refractivity contribution in [3.05, 3.63) is 20.8 Å². The van der Waals surface area contributed by atoms with Gasteiger partial charge in [-0.25, -0.2) is 0 Å². The molecule has 1 N–H and O–H groups in total. The van der Waals surface area contributed by atoms with Gasteiger partial charge in [0.05, 0.1) is 0 Å². The molecule has 102 valence electrons. The first-order valence-corrected chi connectivity index (χ1v) is 8.79. The highest BCUT2D eigenvalue weighted by Crippen LogP contribution is 2.43. The van der Waals surface area contributed by atoms with E-state index in [1.54, 1.807) is 0 Å². The molecule has 0 aromatic carbocycles. The summed E-state index contributed by atoms with van der Waals surface area (Å²) in [6, 6.07) is 2.18. The normalized spacial score (nSPS) is 19.0. The maximum absolute atomic E-state index is 3.66. The van der Waals surface area contributed by atoms with Crippen LogP contribution in [0.3, 0.4) is 0 Å². The molecule has 1 fully saturated rings. The molecule has 1 aromatic heterocycles. The standard InChI is InChI=1S/C15H24BrNS/c1-17-11-10-15(7-3-2-4-8-15)9-5-14-13(16)6-12-18-14/h6,12,17H,2-5,7-11H2,1H3. The van der Waals surface area contributed by atoms with Crippen molar-refractivity contribution >= 4 is 27.3 Å². The Morgan fingerprint density at radius 1 is 1.28 bits per heavy atom. The lowest BCUT2D eigenvalue weighted by atomic mass is 9.69. The van der Waals surface area contributed by atoms with Crippen molar-refractivity contribution in [3.8, 4) is 0 Å². The molecule has 0 atom stereocenters. The van der Waals surface area contributed by atoms with Crippen LogP contribution in [-0.2, 0) is 6.42 Å². The highest BCUT2D eigenvalue weighted by molar-refractivity contribution is 9.10. The van der Waals surface area contributed by atoms with Gasteiger partial charge < -0.3 is 5.32 Å². The van der Waals surface area contributed by atoms with Gasteiger partial charge in [0.2, 0.25) is 0 Å². The number of rotatable bonds is 6. The van der Waals surface area contributed by atoms with Crippen LogP contribution < -0.4 is 5.32 Å². The third-order valence-corrected chi connectivity index (χ3v) is 6.38. The SMILES string of the molecule is CNCCC1(CCc2sccc2Br)CCCCC1. The van der Waals surface area contributed by atoms with Gasteiger partial charge in [0.15, 0.2) is 0 Å². The Kier molecular flexibility index (Phi) is 5.71. The van der Waals surface area contributed by atoms with Crippen molar-refractivity contribution in [3.63, 3.8) is 0 Å². The molecule has 1 heterocycles. The average Bonchev–Trinajstić information content (AvgIpc) is 2.81. The van der Waals surface area contributed by atoms with Crippen molar-refractivity contribution in [1.82, 2.24) is 5.32 Å². The van der Waals surface area contributed by atoms with Gasteiger partial charge in [-0.3, -0.25) is 0 Å². The Bertz CT molecular complexity index is 355. The number of hydrogen-bond donors (Lipinski definition) is 1. The summed E-state index contributed by atoms with van der Waals surface area (Å²) in [6.07, 6.45) is 11.2. The first-order chi connectivity index (χ1) is 8.76. The number of aryl methyl sites for hydroxylation is 1. The van der Waals surface area contributed by atoms with E-state index in [-0.39, 0.29) is 0 Å². The van der Waals surface area contributed by atoms with Crippen LogP contribution in [0, 0.1) is 5.41 Å². The fraction of sp³-hybridized carbons (Fsp3) is 0.733. The molecule has 18 heavy (non-hydrogen) atoms. The van der Waals surface area contributed by atoms with Gasteiger partial charge >= 0.3 is 0 Å². The summed E-state index contributed by atoms with van der Waals surface area (Å²) in [5.41, 5.74) is 0.616. The summed E-state index contributed by atoms with van der Waals surface area (Å²) >= 11 is 5.56. The van der Waals surface area contributed by atoms with Crippen LogP contribution in [0.1, 0.15) is 49.8 Å². The van der Waals surface area contributed by atoms with E-state index in [2.05, 4.69) is 39.7 Å². The summed E-state index contributed by atoms with van der Waals surface area (Å²) in [4.78, 5) is 1.53. The summed E-state index contributed by atoms with van der Waals surface area (Å²) in [5.74, 6) is 0. The Morgan fingerprint density at radius 2 is 2.06 bits per heavy atom. The summed E-state index contributed by atoms with van der Waals surface area (Å²) in [5, 5.41) is 5.53. The highest BCUT2D eigenvalue weighted by Gasteiger charge is 2.31. The van der Waals surface area contributed by atoms with Gasteiger partial charge in [0.25, 0.3) is 0 Å². The molecule has 0 radical (unpaired) electrons. The van der Waals surface area contributed by atoms with E-state index >= 15 is 0 Å². The predicted octanol–water partition coefficient (Wildman–Crippen LogP) is 5.00. The topological polar surface area (TPSA) is 12.0 Å². The number of thiophene rings is 1. The van der Waals surface area contributed by atoms with E-state index in [1.165, 1.54) is 67.3 Å². The number of halogens is 1. The Balaban J connectivity index is 1.94. The van der Waals surface area contributed by atoms with E-state index < -0.39 is 0 Å². The average molecular weight is 330 g/mol. The van der Waals surface area contributed by atoms with Crippen molar-refractivity contribution in [1.29, 1.82) is 0 Å². The largest absolute Gasteiger partial charge is 0.320 e. The fourth-order valence-electron chi connectivity index (χ4n) is 3.20. The van der Waals surface area contributed by atoms with E-state index in [0.29, 0.717) is 5.41 Å². The van der Waals surface area contributed by atoms with E-state index in [4.69, 9.17) is 0 Å². The minimum absolute atomic E-state index is 0.616. The molecule has 0 saturated heterocycles. The first-order valence-electron chi connectivity index (χ1n) is 7.12. The van der Waals surface area contributed by atoms with Crippen molar-refractivity contribution in [2.75, 3.05) is 13.6 Å². The van der Waals surface area contributed by atoms with Crippen LogP contribution in [0.5, 0.6) is 0 Å². The van der Waals surface area contributed by atoms with Crippen LogP contribution in [0.4, 0.5) is 0 Å². The van der Waals surface area contributed by atoms with Crippen LogP contribution in [0.2, 0.25) is 0 Å². The third-order valence-electron chi connectivity index (χ3n) is 4.39. The summed E-state index contributed by atoms with van der Waals surface area (Å²) in [7, 11) is 2.08. The van der Waals surface area contributed by atoms with Crippen LogP contribution in [0.15, 0.2) is 15.9 Å². The summed E-state index contributed by atoms with van der Waals surface area (Å²) in [6.45, 7) is 1.17. The van der Waals surface area contributed by atoms with Crippen molar-refractivity contribution in [2.45, 2.75) is 51.4 Å². The monoisotopic (exact) mass is 329 g/mol. The van der Waals surface area contributed by atoms with Crippen molar-refractivity contribution < 1.29 is 0 Å². The molecule has 1 aliphatic rings. The van der Waals surface area contributed by atoms with E-state index in [0.717, 1.165) is 0 Å². The predicted molar refractivity (Wildman–Crippen MR) is 84.4 cm³/mol. The lowest BCUT2D eigenvalue weighted by Gasteiger charge is -2.37. The minimum atomic E-state index is 0.616. The number of hydrogen-bond acceptors (Lipinski definition) is 2. The zero-order valence-corrected chi connectivity index (χ0v) is 13.7. The second kappa shape index (κ2) is 7.06. The van der Waals surface area contributed by atoms with Crippen molar-refractivity contribution in [2.24, 2.45) is 5.41 Å². The highest BCUT2D eigenvalue weighted by atomic mass is 79.9. The lowest BCUT2D eigenvalue weighted by molar-refractivity contribution is 0.158. The van der Waals surface area contributed by atoms with Gasteiger partial charge in [0.1, 0.15) is 0 Å². The quantitative estimate of drug-likeness (QED) is 0.774. The van der Waals surface area contributed by atoms with Gasteiger partial charge in [0, 0.05) is 9.35 Å². The molecule has 0 aliphatic heterocycles. The molecule has 0 bridgehead atoms. The van der Waals surface area contributed by atoms with Crippen LogP contribution in [0.25, 0.3) is 0 Å². The maximum atomic E-state index is 3.66. The number of nitrogens with one attached hydrogen (secondary N) is 1. The second-order valence-corrected chi connectivity index (χ2v) is 7.46. The van der Waals surface area contributed by atoms with Gasteiger partial charge in [-0.1, -0.05) is 19.3 Å². The first kappa shape index (κ1) is 14.5. The smallest absolute Gasteiger partial charge is 0.0314 e. The lowest BCUT2D eigenvalue weighted by Crippen LogP contribution is -2.28. The van der Waals surface area contributed by atoms with E-state index in [1.807, 2.05) is 11.3 Å². The molecular weight excluding hydrogens is 306 g/mol. The van der Waals surface area contributed by atoms with Gasteiger partial charge in [-0.05, 0) is 78.5 Å². The molecule has 1 aliphatic carbocycles. The minimum Gasteiger partial charge on any atom is -0.320 e. The molecule has 0 spiro atoms. The Labute approximate surface area is 123 Å². The molecule has 0 unspecified atom stereocenters. The fourth-order valence-corrected chi connectivity index (χ4v) is 4.75. The van der Waals surface area contributed by atoms with Crippen LogP contribution in [-0.4, -0.2) is 13.6 Å². The Morgan fingerprint density at radius 3 is 2.67 bits per heavy atom. The zero-order chi connectivity index (χ0) is 12.8. The molecule has 2 rings (SSSR count). The molecular formula is C15H24BrNS. The molecule has 1 aromatic rings. The van der Waals surface area contributed by atoms with Gasteiger partial charge in [-0.15, -0.1) is 11.3 Å². The second-order valence-electron chi connectivity index (χ2n) is 5.61. The van der Waals surface area contributed by atoms with E-state index in [9.17, 15) is 0 Å². The molecule has 1 nitrogen and oxygen atoms in total. The summed E-state index contributed by atoms with van der Waals surface area (Å²) < 4.78 is 1.31. The van der Waals surface area contributed by atoms with Gasteiger partial charge in [-0.2, -0.15) is 0 Å². The molecule has 3 heteroatoms. The third kappa shape index (κ3) is 3.82. The molecule has 0 amide bonds. The van der Waals surface area contributed by atoms with Crippen LogP contribution >= 0.6 is 27.3 Å². The molecule has 1 saturated carbocycles. The zero-order valence-electron chi connectivity index (χ0n) is 11.3. The Hall–Kier alpha value is 0.140.